The maximum Gasteiger partial charge on any atom is 0.228 e. The van der Waals surface area contributed by atoms with Crippen molar-refractivity contribution in [1.29, 1.82) is 0 Å². The van der Waals surface area contributed by atoms with Gasteiger partial charge in [-0.05, 0) is 55.0 Å². The first kappa shape index (κ1) is 19.9. The number of aromatic nitrogens is 1. The number of carbonyl (C=O) groups excluding carboxylic acids is 1. The molecular formula is C18H14Cl3N3O2S. The summed E-state index contributed by atoms with van der Waals surface area (Å²) in [6.45, 7) is 0. The summed E-state index contributed by atoms with van der Waals surface area (Å²) < 4.78 is 5.76. The number of oxazole rings is 1. The summed E-state index contributed by atoms with van der Waals surface area (Å²) in [7, 11) is 0. The highest BCUT2D eigenvalue weighted by Crippen LogP contribution is 2.32. The molecule has 1 heterocycles. The van der Waals surface area contributed by atoms with Crippen LogP contribution in [-0.2, 0) is 4.79 Å². The van der Waals surface area contributed by atoms with E-state index in [-0.39, 0.29) is 11.0 Å². The molecule has 0 saturated heterocycles. The van der Waals surface area contributed by atoms with E-state index in [1.165, 1.54) is 0 Å². The molecule has 3 aromatic rings. The molecule has 0 fully saturated rings. The summed E-state index contributed by atoms with van der Waals surface area (Å²) in [5.74, 6) is 0.607. The SMILES string of the molecule is O=C(CCCCl)NC(=S)Nc1ccc2oc(-c3cc(Cl)ccc3Cl)nc2c1. The Hall–Kier alpha value is -1.86. The van der Waals surface area contributed by atoms with Crippen molar-refractivity contribution in [2.24, 2.45) is 0 Å². The first-order chi connectivity index (χ1) is 13.0. The van der Waals surface area contributed by atoms with Crippen LogP contribution in [0.5, 0.6) is 0 Å². The van der Waals surface area contributed by atoms with Crippen LogP contribution in [0.15, 0.2) is 40.8 Å². The fourth-order valence-electron chi connectivity index (χ4n) is 2.36. The minimum absolute atomic E-state index is 0.187. The highest BCUT2D eigenvalue weighted by Gasteiger charge is 2.13. The Balaban J connectivity index is 1.77. The Kier molecular flexibility index (Phi) is 6.55. The lowest BCUT2D eigenvalue weighted by Crippen LogP contribution is -2.33. The van der Waals surface area contributed by atoms with Crippen LogP contribution >= 0.6 is 47.0 Å². The molecule has 1 aromatic heterocycles. The molecule has 0 radical (unpaired) electrons. The monoisotopic (exact) mass is 441 g/mol. The maximum absolute atomic E-state index is 11.7. The largest absolute Gasteiger partial charge is 0.436 e. The maximum atomic E-state index is 11.7. The number of hydrogen-bond donors (Lipinski definition) is 2. The van der Waals surface area contributed by atoms with Gasteiger partial charge in [0.1, 0.15) is 5.52 Å². The number of alkyl halides is 1. The third-order valence-electron chi connectivity index (χ3n) is 3.59. The number of thiocarbonyl (C=S) groups is 1. The molecule has 0 unspecified atom stereocenters. The Morgan fingerprint density at radius 3 is 2.78 bits per heavy atom. The molecule has 27 heavy (non-hydrogen) atoms. The molecule has 0 aliphatic heterocycles. The van der Waals surface area contributed by atoms with Gasteiger partial charge >= 0.3 is 0 Å². The van der Waals surface area contributed by atoms with Crippen molar-refractivity contribution in [2.75, 3.05) is 11.2 Å². The molecule has 2 N–H and O–H groups in total. The molecule has 0 bridgehead atoms. The van der Waals surface area contributed by atoms with Crippen molar-refractivity contribution in [3.8, 4) is 11.5 Å². The van der Waals surface area contributed by atoms with Crippen molar-refractivity contribution >= 4 is 74.8 Å². The van der Waals surface area contributed by atoms with E-state index in [4.69, 9.17) is 51.4 Å². The zero-order chi connectivity index (χ0) is 19.4. The van der Waals surface area contributed by atoms with Crippen molar-refractivity contribution in [2.45, 2.75) is 12.8 Å². The molecule has 2 aromatic carbocycles. The lowest BCUT2D eigenvalue weighted by Gasteiger charge is -2.08. The Morgan fingerprint density at radius 1 is 1.19 bits per heavy atom. The van der Waals surface area contributed by atoms with Gasteiger partial charge < -0.3 is 15.1 Å². The van der Waals surface area contributed by atoms with Gasteiger partial charge in [-0.2, -0.15) is 0 Å². The normalized spacial score (nSPS) is 10.8. The molecule has 0 aliphatic rings. The Labute approximate surface area is 176 Å². The zero-order valence-corrected chi connectivity index (χ0v) is 17.0. The minimum atomic E-state index is -0.187. The smallest absolute Gasteiger partial charge is 0.228 e. The van der Waals surface area contributed by atoms with Crippen LogP contribution in [0.2, 0.25) is 10.0 Å². The first-order valence-corrected chi connectivity index (χ1v) is 9.69. The number of fused-ring (bicyclic) bond motifs is 1. The quantitative estimate of drug-likeness (QED) is 0.396. The molecule has 5 nitrogen and oxygen atoms in total. The number of benzene rings is 2. The fourth-order valence-corrected chi connectivity index (χ4v) is 3.10. The standard InChI is InChI=1S/C18H14Cl3N3O2S/c19-7-1-2-16(25)24-18(27)22-11-4-6-15-14(9-11)23-17(26-15)12-8-10(20)3-5-13(12)21/h3-6,8-9H,1-2,7H2,(H2,22,24,25,27). The second-order valence-corrected chi connectivity index (χ2v) is 7.25. The molecule has 3 rings (SSSR count). The van der Waals surface area contributed by atoms with Gasteiger partial charge in [-0.25, -0.2) is 4.98 Å². The van der Waals surface area contributed by atoms with Crippen molar-refractivity contribution in [3.05, 3.63) is 46.4 Å². The van der Waals surface area contributed by atoms with E-state index >= 15 is 0 Å². The van der Waals surface area contributed by atoms with Crippen molar-refractivity contribution in [1.82, 2.24) is 10.3 Å². The molecule has 1 amide bonds. The molecule has 140 valence electrons. The molecule has 0 atom stereocenters. The third-order valence-corrected chi connectivity index (χ3v) is 4.63. The van der Waals surface area contributed by atoms with Crippen molar-refractivity contribution in [3.63, 3.8) is 0 Å². The third kappa shape index (κ3) is 5.11. The minimum Gasteiger partial charge on any atom is -0.436 e. The second-order valence-electron chi connectivity index (χ2n) is 5.62. The van der Waals surface area contributed by atoms with Crippen LogP contribution in [0.1, 0.15) is 12.8 Å². The van der Waals surface area contributed by atoms with E-state index in [2.05, 4.69) is 15.6 Å². The number of halogens is 3. The number of rotatable bonds is 5. The van der Waals surface area contributed by atoms with Crippen LogP contribution in [0.3, 0.4) is 0 Å². The molecule has 0 spiro atoms. The van der Waals surface area contributed by atoms with Gasteiger partial charge in [0.25, 0.3) is 0 Å². The van der Waals surface area contributed by atoms with E-state index in [9.17, 15) is 4.79 Å². The highest BCUT2D eigenvalue weighted by atomic mass is 35.5. The van der Waals surface area contributed by atoms with Crippen LogP contribution in [-0.4, -0.2) is 21.9 Å². The summed E-state index contributed by atoms with van der Waals surface area (Å²) in [6, 6.07) is 10.4. The topological polar surface area (TPSA) is 67.2 Å². The Morgan fingerprint density at radius 2 is 2.00 bits per heavy atom. The average molecular weight is 443 g/mol. The van der Waals surface area contributed by atoms with E-state index in [0.717, 1.165) is 0 Å². The van der Waals surface area contributed by atoms with Crippen molar-refractivity contribution < 1.29 is 9.21 Å². The number of amides is 1. The predicted molar refractivity (Wildman–Crippen MR) is 114 cm³/mol. The number of carbonyl (C=O) groups is 1. The summed E-state index contributed by atoms with van der Waals surface area (Å²) in [4.78, 5) is 16.1. The van der Waals surface area contributed by atoms with Gasteiger partial charge in [-0.3, -0.25) is 4.79 Å². The summed E-state index contributed by atoms with van der Waals surface area (Å²) in [5.41, 5.74) is 2.48. The van der Waals surface area contributed by atoms with E-state index < -0.39 is 0 Å². The summed E-state index contributed by atoms with van der Waals surface area (Å²) >= 11 is 23.0. The van der Waals surface area contributed by atoms with Crippen LogP contribution < -0.4 is 10.6 Å². The number of anilines is 1. The van der Waals surface area contributed by atoms with Gasteiger partial charge in [0.15, 0.2) is 10.7 Å². The lowest BCUT2D eigenvalue weighted by atomic mass is 10.2. The van der Waals surface area contributed by atoms with Crippen LogP contribution in [0.4, 0.5) is 5.69 Å². The van der Waals surface area contributed by atoms with Crippen LogP contribution in [0, 0.1) is 0 Å². The Bertz CT molecular complexity index is 1010. The van der Waals surface area contributed by atoms with Gasteiger partial charge in [0, 0.05) is 23.0 Å². The van der Waals surface area contributed by atoms with E-state index in [1.807, 2.05) is 0 Å². The predicted octanol–water partition coefficient (Wildman–Crippen LogP) is 5.63. The van der Waals surface area contributed by atoms with Gasteiger partial charge in [-0.1, -0.05) is 23.2 Å². The van der Waals surface area contributed by atoms with Gasteiger partial charge in [0.2, 0.25) is 11.8 Å². The highest BCUT2D eigenvalue weighted by molar-refractivity contribution is 7.80. The fraction of sp³-hybridized carbons (Fsp3) is 0.167. The number of nitrogens with zero attached hydrogens (tertiary/aromatic N) is 1. The molecule has 9 heteroatoms. The zero-order valence-electron chi connectivity index (χ0n) is 13.9. The number of hydrogen-bond acceptors (Lipinski definition) is 4. The average Bonchev–Trinajstić information content (AvgIpc) is 3.05. The number of nitrogens with one attached hydrogen (secondary N) is 2. The summed E-state index contributed by atoms with van der Waals surface area (Å²) in [5, 5.41) is 6.78. The lowest BCUT2D eigenvalue weighted by molar-refractivity contribution is -0.119. The van der Waals surface area contributed by atoms with E-state index in [0.29, 0.717) is 57.0 Å². The second kappa shape index (κ2) is 8.89. The molecule has 0 aliphatic carbocycles. The van der Waals surface area contributed by atoms with E-state index in [1.54, 1.807) is 36.4 Å². The summed E-state index contributed by atoms with van der Waals surface area (Å²) in [6.07, 6.45) is 0.910. The van der Waals surface area contributed by atoms with Gasteiger partial charge in [0.05, 0.1) is 10.6 Å². The van der Waals surface area contributed by atoms with Crippen LogP contribution in [0.25, 0.3) is 22.6 Å². The molecular weight excluding hydrogens is 429 g/mol. The first-order valence-electron chi connectivity index (χ1n) is 7.99. The molecule has 0 saturated carbocycles. The van der Waals surface area contributed by atoms with Gasteiger partial charge in [-0.15, -0.1) is 11.6 Å².